The van der Waals surface area contributed by atoms with E-state index in [1.165, 1.54) is 0 Å². The first-order valence-electron chi connectivity index (χ1n) is 3.69. The van der Waals surface area contributed by atoms with Gasteiger partial charge in [0.25, 0.3) is 0 Å². The minimum absolute atomic E-state index is 0.224. The highest BCUT2D eigenvalue weighted by Gasteiger charge is 2.15. The minimum atomic E-state index is 0.224. The topological polar surface area (TPSA) is 37.8 Å². The lowest BCUT2D eigenvalue weighted by molar-refractivity contribution is 0.623. The van der Waals surface area contributed by atoms with Gasteiger partial charge in [0, 0.05) is 12.1 Å². The van der Waals surface area contributed by atoms with Crippen molar-refractivity contribution < 1.29 is 0 Å². The van der Waals surface area contributed by atoms with Crippen LogP contribution in [0, 0.1) is 0 Å². The average molecular weight is 204 g/mol. The Bertz CT molecular complexity index is 314. The molecule has 64 valence electrons. The van der Waals surface area contributed by atoms with Crippen LogP contribution in [0.5, 0.6) is 0 Å². The number of hydrogen-bond acceptors (Lipinski definition) is 3. The summed E-state index contributed by atoms with van der Waals surface area (Å²) in [7, 11) is 0. The van der Waals surface area contributed by atoms with E-state index in [-0.39, 0.29) is 5.28 Å². The summed E-state index contributed by atoms with van der Waals surface area (Å²) in [6.45, 7) is 1.66. The summed E-state index contributed by atoms with van der Waals surface area (Å²) < 4.78 is 0. The molecule has 2 heterocycles. The number of rotatable bonds is 0. The molecule has 0 atom stereocenters. The number of hydrogen-bond donors (Lipinski definition) is 1. The number of nitrogens with zero attached hydrogens (tertiary/aromatic N) is 2. The van der Waals surface area contributed by atoms with Crippen LogP contribution in [0.25, 0.3) is 0 Å². The molecule has 12 heavy (non-hydrogen) atoms. The normalized spacial score (nSPS) is 15.8. The van der Waals surface area contributed by atoms with Crippen LogP contribution in [0.1, 0.15) is 11.3 Å². The van der Waals surface area contributed by atoms with Crippen LogP contribution in [-0.2, 0) is 13.0 Å². The molecule has 0 fully saturated rings. The molecule has 1 aliphatic rings. The van der Waals surface area contributed by atoms with E-state index in [1.54, 1.807) is 0 Å². The molecular weight excluding hydrogens is 197 g/mol. The molecule has 0 bridgehead atoms. The average Bonchev–Trinajstić information content (AvgIpc) is 2.04. The fourth-order valence-corrected chi connectivity index (χ4v) is 1.80. The minimum Gasteiger partial charge on any atom is -0.311 e. The maximum absolute atomic E-state index is 5.88. The summed E-state index contributed by atoms with van der Waals surface area (Å²) in [4.78, 5) is 7.96. The molecule has 1 aliphatic heterocycles. The van der Waals surface area contributed by atoms with Gasteiger partial charge < -0.3 is 5.32 Å². The van der Waals surface area contributed by atoms with Crippen LogP contribution in [0.15, 0.2) is 0 Å². The highest BCUT2D eigenvalue weighted by molar-refractivity contribution is 6.32. The number of nitrogens with one attached hydrogen (secondary N) is 1. The van der Waals surface area contributed by atoms with E-state index >= 15 is 0 Å². The standard InChI is InChI=1S/C7H7Cl2N3/c8-6-4-1-2-10-3-5(4)11-7(9)12-6/h10H,1-3H2. The second kappa shape index (κ2) is 3.17. The van der Waals surface area contributed by atoms with E-state index in [0.29, 0.717) is 5.15 Å². The van der Waals surface area contributed by atoms with Gasteiger partial charge in [-0.15, -0.1) is 0 Å². The van der Waals surface area contributed by atoms with E-state index < -0.39 is 0 Å². The van der Waals surface area contributed by atoms with Gasteiger partial charge in [0.05, 0.1) is 5.69 Å². The fourth-order valence-electron chi connectivity index (χ4n) is 1.29. The monoisotopic (exact) mass is 203 g/mol. The third-order valence-corrected chi connectivity index (χ3v) is 2.34. The van der Waals surface area contributed by atoms with E-state index in [9.17, 15) is 0 Å². The summed E-state index contributed by atoms with van der Waals surface area (Å²) in [6, 6.07) is 0. The Hall–Kier alpha value is -0.380. The summed E-state index contributed by atoms with van der Waals surface area (Å²) in [5.74, 6) is 0. The first kappa shape index (κ1) is 8.23. The first-order valence-corrected chi connectivity index (χ1v) is 4.44. The van der Waals surface area contributed by atoms with Crippen molar-refractivity contribution in [1.82, 2.24) is 15.3 Å². The zero-order valence-corrected chi connectivity index (χ0v) is 7.78. The summed E-state index contributed by atoms with van der Waals surface area (Å²) in [5, 5.41) is 3.90. The van der Waals surface area contributed by atoms with Crippen molar-refractivity contribution in [2.24, 2.45) is 0 Å². The molecule has 0 spiro atoms. The highest BCUT2D eigenvalue weighted by Crippen LogP contribution is 2.21. The molecule has 1 N–H and O–H groups in total. The molecular formula is C7H7Cl2N3. The van der Waals surface area contributed by atoms with Crippen molar-refractivity contribution in [2.75, 3.05) is 6.54 Å². The van der Waals surface area contributed by atoms with Crippen molar-refractivity contribution in [3.8, 4) is 0 Å². The second-order valence-electron chi connectivity index (χ2n) is 2.64. The lowest BCUT2D eigenvalue weighted by Crippen LogP contribution is -2.25. The zero-order valence-electron chi connectivity index (χ0n) is 6.27. The maximum Gasteiger partial charge on any atom is 0.224 e. The van der Waals surface area contributed by atoms with Crippen molar-refractivity contribution in [1.29, 1.82) is 0 Å². The predicted molar refractivity (Wildman–Crippen MR) is 47.5 cm³/mol. The number of aromatic nitrogens is 2. The van der Waals surface area contributed by atoms with Gasteiger partial charge in [0.15, 0.2) is 0 Å². The van der Waals surface area contributed by atoms with Crippen molar-refractivity contribution >= 4 is 23.2 Å². The third-order valence-electron chi connectivity index (χ3n) is 1.86. The summed E-state index contributed by atoms with van der Waals surface area (Å²) >= 11 is 11.5. The Labute approximate surface area is 80.1 Å². The van der Waals surface area contributed by atoms with Crippen molar-refractivity contribution in [3.05, 3.63) is 21.7 Å². The van der Waals surface area contributed by atoms with Gasteiger partial charge >= 0.3 is 0 Å². The molecule has 2 rings (SSSR count). The van der Waals surface area contributed by atoms with Crippen LogP contribution in [0.3, 0.4) is 0 Å². The van der Waals surface area contributed by atoms with E-state index in [4.69, 9.17) is 23.2 Å². The SMILES string of the molecule is Clc1nc(Cl)c2c(n1)CNCC2. The van der Waals surface area contributed by atoms with Gasteiger partial charge in [-0.3, -0.25) is 0 Å². The number of halogens is 2. The molecule has 0 amide bonds. The van der Waals surface area contributed by atoms with Crippen LogP contribution >= 0.6 is 23.2 Å². The molecule has 0 aromatic carbocycles. The highest BCUT2D eigenvalue weighted by atomic mass is 35.5. The number of fused-ring (bicyclic) bond motifs is 1. The van der Waals surface area contributed by atoms with Crippen molar-refractivity contribution in [2.45, 2.75) is 13.0 Å². The Morgan fingerprint density at radius 3 is 2.92 bits per heavy atom. The second-order valence-corrected chi connectivity index (χ2v) is 3.33. The zero-order chi connectivity index (χ0) is 8.55. The fraction of sp³-hybridized carbons (Fsp3) is 0.429. The Morgan fingerprint density at radius 1 is 1.25 bits per heavy atom. The van der Waals surface area contributed by atoms with Crippen LogP contribution in [-0.4, -0.2) is 16.5 Å². The summed E-state index contributed by atoms with van der Waals surface area (Å²) in [5.41, 5.74) is 1.95. The Morgan fingerprint density at radius 2 is 2.08 bits per heavy atom. The molecule has 0 saturated carbocycles. The molecule has 1 aromatic heterocycles. The summed E-state index contributed by atoms with van der Waals surface area (Å²) in [6.07, 6.45) is 0.880. The first-order chi connectivity index (χ1) is 5.77. The lowest BCUT2D eigenvalue weighted by atomic mass is 10.1. The molecule has 1 aromatic rings. The molecule has 0 unspecified atom stereocenters. The van der Waals surface area contributed by atoms with Gasteiger partial charge in [0.1, 0.15) is 5.15 Å². The van der Waals surface area contributed by atoms with E-state index in [1.807, 2.05) is 0 Å². The lowest BCUT2D eigenvalue weighted by Gasteiger charge is -2.16. The molecule has 3 nitrogen and oxygen atoms in total. The van der Waals surface area contributed by atoms with Gasteiger partial charge in [-0.25, -0.2) is 9.97 Å². The van der Waals surface area contributed by atoms with Gasteiger partial charge in [-0.05, 0) is 24.6 Å². The van der Waals surface area contributed by atoms with Crippen LogP contribution < -0.4 is 5.32 Å². The van der Waals surface area contributed by atoms with Crippen LogP contribution in [0.2, 0.25) is 10.4 Å². The largest absolute Gasteiger partial charge is 0.311 e. The molecule has 5 heteroatoms. The molecule has 0 aliphatic carbocycles. The Balaban J connectivity index is 2.53. The van der Waals surface area contributed by atoms with Gasteiger partial charge in [0.2, 0.25) is 5.28 Å². The smallest absolute Gasteiger partial charge is 0.224 e. The van der Waals surface area contributed by atoms with Crippen LogP contribution in [0.4, 0.5) is 0 Å². The maximum atomic E-state index is 5.88. The van der Waals surface area contributed by atoms with E-state index in [0.717, 1.165) is 30.8 Å². The van der Waals surface area contributed by atoms with Gasteiger partial charge in [-0.2, -0.15) is 0 Å². The van der Waals surface area contributed by atoms with Gasteiger partial charge in [-0.1, -0.05) is 11.6 Å². The predicted octanol–water partition coefficient (Wildman–Crippen LogP) is 1.43. The third kappa shape index (κ3) is 1.40. The van der Waals surface area contributed by atoms with E-state index in [2.05, 4.69) is 15.3 Å². The Kier molecular flexibility index (Phi) is 2.17. The molecule has 0 saturated heterocycles. The quantitative estimate of drug-likeness (QED) is 0.513. The molecule has 0 radical (unpaired) electrons. The van der Waals surface area contributed by atoms with Crippen molar-refractivity contribution in [3.63, 3.8) is 0 Å².